The highest BCUT2D eigenvalue weighted by molar-refractivity contribution is 6.04. The fourth-order valence-electron chi connectivity index (χ4n) is 4.95. The Morgan fingerprint density at radius 3 is 2.12 bits per heavy atom. The number of benzene rings is 1. The maximum atomic E-state index is 12.6. The molecule has 1 aliphatic rings. The lowest BCUT2D eigenvalue weighted by atomic mass is 9.82. The molecule has 218 valence electrons. The number of allylic oxidation sites excluding steroid dienone is 1. The minimum Gasteiger partial charge on any atom is -0.456 e. The number of alkyl carbamates (subject to hydrolysis) is 1. The van der Waals surface area contributed by atoms with E-state index in [2.05, 4.69) is 63.8 Å². The van der Waals surface area contributed by atoms with Crippen molar-refractivity contribution < 1.29 is 18.4 Å². The van der Waals surface area contributed by atoms with Crippen LogP contribution in [-0.4, -0.2) is 33.4 Å². The number of nitrogens with one attached hydrogen (secondary N) is 2. The monoisotopic (exact) mass is 558 g/mol. The van der Waals surface area contributed by atoms with Crippen molar-refractivity contribution in [3.8, 4) is 11.5 Å². The first-order chi connectivity index (χ1) is 19.0. The molecule has 0 radical (unpaired) electrons. The van der Waals surface area contributed by atoms with Gasteiger partial charge in [-0.3, -0.25) is 4.99 Å². The van der Waals surface area contributed by atoms with E-state index >= 15 is 0 Å². The predicted octanol–water partition coefficient (Wildman–Crippen LogP) is 8.84. The summed E-state index contributed by atoms with van der Waals surface area (Å²) in [6, 6.07) is 7.77. The maximum absolute atomic E-state index is 12.6. The molecule has 8 heteroatoms. The molecule has 0 bridgehead atoms. The molecule has 0 saturated heterocycles. The number of carbonyl (C=O) groups excluding carboxylic acids is 1. The molecule has 1 amide bonds. The number of hydrogen-bond donors (Lipinski definition) is 2. The van der Waals surface area contributed by atoms with Crippen LogP contribution in [0, 0.1) is 10.8 Å². The Balaban J connectivity index is 1.34. The molecule has 0 unspecified atom stereocenters. The van der Waals surface area contributed by atoms with Gasteiger partial charge < -0.3 is 23.9 Å². The Morgan fingerprint density at radius 2 is 1.54 bits per heavy atom. The van der Waals surface area contributed by atoms with Crippen molar-refractivity contribution in [2.45, 2.75) is 93.2 Å². The van der Waals surface area contributed by atoms with Gasteiger partial charge in [-0.1, -0.05) is 48.5 Å². The SMILES string of the molecule is C[C@H](c1ncc(-c2cc3cc4oc(C5=CN=C([C@@H](NC(=O)OC(C)(C)C)C(C)(C)C)C5)cc4cc3o2)[nH]1)C(C)(C)C. The molecule has 41 heavy (non-hydrogen) atoms. The Morgan fingerprint density at radius 1 is 0.927 bits per heavy atom. The molecule has 0 saturated carbocycles. The first kappa shape index (κ1) is 28.7. The number of nitrogens with zero attached hydrogens (tertiary/aromatic N) is 2. The second-order valence-corrected chi connectivity index (χ2v) is 14.3. The molecular weight excluding hydrogens is 516 g/mol. The van der Waals surface area contributed by atoms with E-state index in [0.717, 1.165) is 56.3 Å². The van der Waals surface area contributed by atoms with E-state index in [1.165, 1.54) is 0 Å². The first-order valence-corrected chi connectivity index (χ1v) is 14.3. The summed E-state index contributed by atoms with van der Waals surface area (Å²) in [5.74, 6) is 2.73. The van der Waals surface area contributed by atoms with E-state index in [0.29, 0.717) is 6.42 Å². The lowest BCUT2D eigenvalue weighted by Crippen LogP contribution is -2.50. The second-order valence-electron chi connectivity index (χ2n) is 14.3. The number of aliphatic imine (C=N–C) groups is 1. The number of fused-ring (bicyclic) bond motifs is 2. The third-order valence-electron chi connectivity index (χ3n) is 7.66. The largest absolute Gasteiger partial charge is 0.456 e. The smallest absolute Gasteiger partial charge is 0.408 e. The van der Waals surface area contributed by atoms with Gasteiger partial charge in [-0.2, -0.15) is 0 Å². The van der Waals surface area contributed by atoms with Crippen molar-refractivity contribution in [1.29, 1.82) is 0 Å². The summed E-state index contributed by atoms with van der Waals surface area (Å²) in [7, 11) is 0. The number of carbonyl (C=O) groups is 1. The third kappa shape index (κ3) is 6.11. The zero-order valence-electron chi connectivity index (χ0n) is 25.9. The lowest BCUT2D eigenvalue weighted by molar-refractivity contribution is 0.0491. The number of aromatic nitrogens is 2. The molecule has 0 fully saturated rings. The maximum Gasteiger partial charge on any atom is 0.408 e. The van der Waals surface area contributed by atoms with Crippen LogP contribution in [0.2, 0.25) is 0 Å². The average molecular weight is 559 g/mol. The van der Waals surface area contributed by atoms with Gasteiger partial charge in [0, 0.05) is 40.6 Å². The van der Waals surface area contributed by atoms with Crippen molar-refractivity contribution in [3.05, 3.63) is 48.2 Å². The summed E-state index contributed by atoms with van der Waals surface area (Å²) in [5.41, 5.74) is 3.53. The Bertz CT molecular complexity index is 1610. The minimum atomic E-state index is -0.576. The van der Waals surface area contributed by atoms with E-state index < -0.39 is 11.7 Å². The van der Waals surface area contributed by atoms with Crippen LogP contribution in [0.3, 0.4) is 0 Å². The number of amides is 1. The molecule has 1 aromatic carbocycles. The molecular formula is C33H42N4O4. The van der Waals surface area contributed by atoms with Gasteiger partial charge >= 0.3 is 6.09 Å². The standard InChI is InChI=1S/C33H42N4O4/c1-18(31(2,3)4)29-35-17-23(36-29)27-15-20-13-24-19(12-25(20)40-27)14-26(39-24)21-11-22(34-16-21)28(32(5,6)7)37-30(38)41-33(8,9)10/h12-18,28H,11H2,1-10H3,(H,35,36)(H,37,38)/t18-,28-/m1/s1. The van der Waals surface area contributed by atoms with Crippen LogP contribution in [0.1, 0.15) is 93.2 Å². The Labute approximate surface area is 241 Å². The number of hydrogen-bond acceptors (Lipinski definition) is 6. The molecule has 4 heterocycles. The normalized spacial score (nSPS) is 16.1. The zero-order chi connectivity index (χ0) is 29.9. The Hall–Kier alpha value is -3.81. The highest BCUT2D eigenvalue weighted by Gasteiger charge is 2.34. The van der Waals surface area contributed by atoms with Gasteiger partial charge in [0.15, 0.2) is 5.76 Å². The summed E-state index contributed by atoms with van der Waals surface area (Å²) in [4.78, 5) is 25.3. The Kier molecular flexibility index (Phi) is 6.95. The van der Waals surface area contributed by atoms with Crippen molar-refractivity contribution >= 4 is 39.3 Å². The molecule has 1 aliphatic heterocycles. The van der Waals surface area contributed by atoms with Crippen molar-refractivity contribution in [2.75, 3.05) is 0 Å². The molecule has 8 nitrogen and oxygen atoms in total. The molecule has 5 rings (SSSR count). The van der Waals surface area contributed by atoms with Crippen molar-refractivity contribution in [3.63, 3.8) is 0 Å². The highest BCUT2D eigenvalue weighted by Crippen LogP contribution is 2.37. The van der Waals surface area contributed by atoms with Crippen LogP contribution in [0.25, 0.3) is 39.0 Å². The quantitative estimate of drug-likeness (QED) is 0.254. The number of imidazole rings is 1. The second kappa shape index (κ2) is 9.93. The van der Waals surface area contributed by atoms with E-state index in [-0.39, 0.29) is 22.8 Å². The van der Waals surface area contributed by atoms with Gasteiger partial charge in [0.25, 0.3) is 0 Å². The van der Waals surface area contributed by atoms with Crippen molar-refractivity contribution in [2.24, 2.45) is 15.8 Å². The van der Waals surface area contributed by atoms with Crippen LogP contribution in [-0.2, 0) is 4.74 Å². The number of H-pyrrole nitrogens is 1. The van der Waals surface area contributed by atoms with Crippen LogP contribution in [0.4, 0.5) is 4.79 Å². The van der Waals surface area contributed by atoms with E-state index in [4.69, 9.17) is 18.6 Å². The number of aromatic amines is 1. The van der Waals surface area contributed by atoms with Gasteiger partial charge in [0.05, 0.1) is 12.2 Å². The van der Waals surface area contributed by atoms with Crippen LogP contribution in [0.5, 0.6) is 0 Å². The van der Waals surface area contributed by atoms with Gasteiger partial charge in [0.1, 0.15) is 34.0 Å². The number of ether oxygens (including phenoxy) is 1. The topological polar surface area (TPSA) is 106 Å². The molecule has 3 aromatic heterocycles. The van der Waals surface area contributed by atoms with Crippen LogP contribution < -0.4 is 5.32 Å². The fourth-order valence-corrected chi connectivity index (χ4v) is 4.95. The summed E-state index contributed by atoms with van der Waals surface area (Å²) >= 11 is 0. The molecule has 2 atom stereocenters. The fraction of sp³-hybridized carbons (Fsp3) is 0.485. The highest BCUT2D eigenvalue weighted by atomic mass is 16.6. The lowest BCUT2D eigenvalue weighted by Gasteiger charge is -2.32. The van der Waals surface area contributed by atoms with Crippen LogP contribution >= 0.6 is 0 Å². The molecule has 0 spiro atoms. The summed E-state index contributed by atoms with van der Waals surface area (Å²) < 4.78 is 18.0. The van der Waals surface area contributed by atoms with Gasteiger partial charge in [-0.15, -0.1) is 0 Å². The van der Waals surface area contributed by atoms with Gasteiger partial charge in [-0.05, 0) is 55.9 Å². The summed E-state index contributed by atoms with van der Waals surface area (Å²) in [6.45, 7) is 20.6. The predicted molar refractivity (Wildman–Crippen MR) is 164 cm³/mol. The minimum absolute atomic E-state index is 0.105. The van der Waals surface area contributed by atoms with E-state index in [9.17, 15) is 4.79 Å². The number of furan rings is 2. The van der Waals surface area contributed by atoms with Crippen molar-refractivity contribution in [1.82, 2.24) is 15.3 Å². The molecule has 2 N–H and O–H groups in total. The third-order valence-corrected chi connectivity index (χ3v) is 7.66. The van der Waals surface area contributed by atoms with Gasteiger partial charge in [0.2, 0.25) is 0 Å². The van der Waals surface area contributed by atoms with Crippen LogP contribution in [0.15, 0.2) is 50.5 Å². The zero-order valence-corrected chi connectivity index (χ0v) is 25.9. The first-order valence-electron chi connectivity index (χ1n) is 14.3. The van der Waals surface area contributed by atoms with Gasteiger partial charge in [-0.25, -0.2) is 9.78 Å². The molecule has 0 aliphatic carbocycles. The number of rotatable bonds is 5. The van der Waals surface area contributed by atoms with E-state index in [1.54, 1.807) is 0 Å². The average Bonchev–Trinajstić information content (AvgIpc) is 3.62. The summed E-state index contributed by atoms with van der Waals surface area (Å²) in [5, 5.41) is 4.94. The van der Waals surface area contributed by atoms with E-state index in [1.807, 2.05) is 57.4 Å². The summed E-state index contributed by atoms with van der Waals surface area (Å²) in [6.07, 6.45) is 3.80. The molecule has 4 aromatic rings.